The van der Waals surface area contributed by atoms with Crippen molar-refractivity contribution in [2.45, 2.75) is 20.4 Å². The van der Waals surface area contributed by atoms with E-state index in [0.717, 1.165) is 5.56 Å². The standard InChI is InChI=1S/C13H19N3O3/c1-3-16(10-11-5-7-14-8-6-11)13(18)15-9-12(17)19-4-2/h5-8H,3-4,9-10H2,1-2H3,(H,15,18). The molecule has 0 radical (unpaired) electrons. The van der Waals surface area contributed by atoms with Crippen molar-refractivity contribution < 1.29 is 14.3 Å². The van der Waals surface area contributed by atoms with E-state index in [1.54, 1.807) is 24.2 Å². The van der Waals surface area contributed by atoms with Gasteiger partial charge in [0.1, 0.15) is 6.54 Å². The van der Waals surface area contributed by atoms with Crippen LogP contribution in [-0.2, 0) is 16.1 Å². The Labute approximate surface area is 112 Å². The number of rotatable bonds is 6. The molecule has 0 aliphatic carbocycles. The van der Waals surface area contributed by atoms with Gasteiger partial charge in [-0.3, -0.25) is 9.78 Å². The molecule has 104 valence electrons. The molecule has 0 saturated carbocycles. The fraction of sp³-hybridized carbons (Fsp3) is 0.462. The molecule has 0 unspecified atom stereocenters. The number of urea groups is 1. The second-order valence-corrected chi connectivity index (χ2v) is 3.83. The van der Waals surface area contributed by atoms with Crippen molar-refractivity contribution in [2.24, 2.45) is 0 Å². The number of nitrogens with one attached hydrogen (secondary N) is 1. The number of carbonyl (C=O) groups excluding carboxylic acids is 2. The minimum atomic E-state index is -0.434. The lowest BCUT2D eigenvalue weighted by atomic mass is 10.2. The normalized spacial score (nSPS) is 9.79. The van der Waals surface area contributed by atoms with Crippen LogP contribution in [0.25, 0.3) is 0 Å². The number of ether oxygens (including phenoxy) is 1. The molecule has 0 saturated heterocycles. The molecule has 1 aromatic rings. The maximum absolute atomic E-state index is 11.9. The topological polar surface area (TPSA) is 71.5 Å². The zero-order chi connectivity index (χ0) is 14.1. The molecule has 6 heteroatoms. The Balaban J connectivity index is 2.46. The molecule has 0 atom stereocenters. The van der Waals surface area contributed by atoms with Gasteiger partial charge in [0.2, 0.25) is 0 Å². The van der Waals surface area contributed by atoms with Gasteiger partial charge >= 0.3 is 12.0 Å². The Morgan fingerprint density at radius 3 is 2.58 bits per heavy atom. The van der Waals surface area contributed by atoms with Gasteiger partial charge in [-0.05, 0) is 31.5 Å². The van der Waals surface area contributed by atoms with E-state index in [9.17, 15) is 9.59 Å². The minimum absolute atomic E-state index is 0.112. The Bertz CT molecular complexity index is 409. The smallest absolute Gasteiger partial charge is 0.325 e. The predicted octanol–water partition coefficient (Wildman–Crippen LogP) is 1.18. The molecule has 0 bridgehead atoms. The van der Waals surface area contributed by atoms with Gasteiger partial charge in [0.05, 0.1) is 6.61 Å². The second kappa shape index (κ2) is 8.07. The molecule has 19 heavy (non-hydrogen) atoms. The van der Waals surface area contributed by atoms with Crippen LogP contribution in [0, 0.1) is 0 Å². The number of pyridine rings is 1. The maximum Gasteiger partial charge on any atom is 0.325 e. The average Bonchev–Trinajstić information content (AvgIpc) is 2.43. The van der Waals surface area contributed by atoms with Crippen molar-refractivity contribution in [3.63, 3.8) is 0 Å². The van der Waals surface area contributed by atoms with Crippen LogP contribution in [0.15, 0.2) is 24.5 Å². The molecule has 1 aromatic heterocycles. The van der Waals surface area contributed by atoms with Crippen molar-refractivity contribution in [1.82, 2.24) is 15.2 Å². The van der Waals surface area contributed by atoms with Crippen molar-refractivity contribution in [3.05, 3.63) is 30.1 Å². The molecular weight excluding hydrogens is 246 g/mol. The molecule has 1 N–H and O–H groups in total. The van der Waals surface area contributed by atoms with Gasteiger partial charge in [-0.1, -0.05) is 0 Å². The molecule has 1 heterocycles. The van der Waals surface area contributed by atoms with Crippen LogP contribution in [0.2, 0.25) is 0 Å². The second-order valence-electron chi connectivity index (χ2n) is 3.83. The number of hydrogen-bond donors (Lipinski definition) is 1. The Morgan fingerprint density at radius 1 is 1.32 bits per heavy atom. The highest BCUT2D eigenvalue weighted by Crippen LogP contribution is 2.03. The summed E-state index contributed by atoms with van der Waals surface area (Å²) in [6, 6.07) is 3.41. The molecule has 2 amide bonds. The Morgan fingerprint density at radius 2 is 2.00 bits per heavy atom. The summed E-state index contributed by atoms with van der Waals surface area (Å²) in [6.07, 6.45) is 3.36. The monoisotopic (exact) mass is 265 g/mol. The van der Waals surface area contributed by atoms with Crippen molar-refractivity contribution in [3.8, 4) is 0 Å². The van der Waals surface area contributed by atoms with Crippen LogP contribution < -0.4 is 5.32 Å². The number of nitrogens with zero attached hydrogens (tertiary/aromatic N) is 2. The number of carbonyl (C=O) groups is 2. The minimum Gasteiger partial charge on any atom is -0.465 e. The molecule has 6 nitrogen and oxygen atoms in total. The van der Waals surface area contributed by atoms with Crippen molar-refractivity contribution >= 4 is 12.0 Å². The van der Waals surface area contributed by atoms with Crippen LogP contribution >= 0.6 is 0 Å². The summed E-state index contributed by atoms with van der Waals surface area (Å²) in [4.78, 5) is 28.6. The van der Waals surface area contributed by atoms with Crippen LogP contribution in [0.3, 0.4) is 0 Å². The largest absolute Gasteiger partial charge is 0.465 e. The zero-order valence-corrected chi connectivity index (χ0v) is 11.3. The van der Waals surface area contributed by atoms with Gasteiger partial charge < -0.3 is 15.0 Å². The summed E-state index contributed by atoms with van der Waals surface area (Å²) in [7, 11) is 0. The Hall–Kier alpha value is -2.11. The third kappa shape index (κ3) is 5.37. The van der Waals surface area contributed by atoms with E-state index in [4.69, 9.17) is 4.74 Å². The number of esters is 1. The molecule has 0 aromatic carbocycles. The first kappa shape index (κ1) is 14.9. The third-order valence-corrected chi connectivity index (χ3v) is 2.48. The summed E-state index contributed by atoms with van der Waals surface area (Å²) >= 11 is 0. The van der Waals surface area contributed by atoms with Crippen LogP contribution in [0.4, 0.5) is 4.79 Å². The first-order chi connectivity index (χ1) is 9.17. The summed E-state index contributed by atoms with van der Waals surface area (Å²) < 4.78 is 4.74. The van der Waals surface area contributed by atoms with Crippen molar-refractivity contribution in [1.29, 1.82) is 0 Å². The molecular formula is C13H19N3O3. The fourth-order valence-corrected chi connectivity index (χ4v) is 1.51. The van der Waals surface area contributed by atoms with E-state index in [1.165, 1.54) is 0 Å². The quantitative estimate of drug-likeness (QED) is 0.784. The first-order valence-corrected chi connectivity index (χ1v) is 6.24. The van der Waals surface area contributed by atoms with Gasteiger partial charge in [-0.25, -0.2) is 4.79 Å². The number of hydrogen-bond acceptors (Lipinski definition) is 4. The van der Waals surface area contributed by atoms with Crippen LogP contribution in [0.1, 0.15) is 19.4 Å². The summed E-state index contributed by atoms with van der Waals surface area (Å²) in [5.74, 6) is -0.434. The molecule has 1 rings (SSSR count). The lowest BCUT2D eigenvalue weighted by molar-refractivity contribution is -0.141. The Kier molecular flexibility index (Phi) is 6.35. The zero-order valence-electron chi connectivity index (χ0n) is 11.3. The summed E-state index contributed by atoms with van der Waals surface area (Å²) in [5.41, 5.74) is 0.989. The first-order valence-electron chi connectivity index (χ1n) is 6.24. The van der Waals surface area contributed by atoms with Gasteiger partial charge in [-0.15, -0.1) is 0 Å². The van der Waals surface area contributed by atoms with E-state index in [2.05, 4.69) is 10.3 Å². The van der Waals surface area contributed by atoms with Crippen molar-refractivity contribution in [2.75, 3.05) is 19.7 Å². The van der Waals surface area contributed by atoms with Gasteiger partial charge in [0, 0.05) is 25.5 Å². The average molecular weight is 265 g/mol. The summed E-state index contributed by atoms with van der Waals surface area (Å²) in [5, 5.41) is 2.54. The van der Waals surface area contributed by atoms with E-state index in [0.29, 0.717) is 19.7 Å². The number of aromatic nitrogens is 1. The molecule has 0 spiro atoms. The summed E-state index contributed by atoms with van der Waals surface area (Å²) in [6.45, 7) is 4.83. The molecule has 0 fully saturated rings. The lowest BCUT2D eigenvalue weighted by Crippen LogP contribution is -2.41. The SMILES string of the molecule is CCOC(=O)CNC(=O)N(CC)Cc1ccncc1. The van der Waals surface area contributed by atoms with E-state index < -0.39 is 5.97 Å². The van der Waals surface area contributed by atoms with Gasteiger partial charge in [0.25, 0.3) is 0 Å². The van der Waals surface area contributed by atoms with E-state index >= 15 is 0 Å². The highest BCUT2D eigenvalue weighted by Gasteiger charge is 2.13. The van der Waals surface area contributed by atoms with E-state index in [1.807, 2.05) is 19.1 Å². The highest BCUT2D eigenvalue weighted by atomic mass is 16.5. The molecule has 0 aliphatic heterocycles. The lowest BCUT2D eigenvalue weighted by Gasteiger charge is -2.21. The van der Waals surface area contributed by atoms with E-state index in [-0.39, 0.29) is 12.6 Å². The molecule has 0 aliphatic rings. The predicted molar refractivity (Wildman–Crippen MR) is 70.4 cm³/mol. The van der Waals surface area contributed by atoms with Gasteiger partial charge in [0.15, 0.2) is 0 Å². The maximum atomic E-state index is 11.9. The highest BCUT2D eigenvalue weighted by molar-refractivity contribution is 5.80. The fourth-order valence-electron chi connectivity index (χ4n) is 1.51. The van der Waals surface area contributed by atoms with Crippen LogP contribution in [0.5, 0.6) is 0 Å². The number of amides is 2. The van der Waals surface area contributed by atoms with Gasteiger partial charge in [-0.2, -0.15) is 0 Å². The third-order valence-electron chi connectivity index (χ3n) is 2.48. The van der Waals surface area contributed by atoms with Crippen LogP contribution in [-0.4, -0.2) is 41.6 Å².